The molecule has 0 aliphatic heterocycles. The summed E-state index contributed by atoms with van der Waals surface area (Å²) >= 11 is 0. The summed E-state index contributed by atoms with van der Waals surface area (Å²) in [6, 6.07) is 11.1. The molecule has 2 aromatic carbocycles. The molecule has 0 aliphatic rings. The molecule has 0 radical (unpaired) electrons. The molecule has 1 N–H and O–H groups in total. The lowest BCUT2D eigenvalue weighted by molar-refractivity contribution is -0.116. The zero-order valence-corrected chi connectivity index (χ0v) is 14.5. The summed E-state index contributed by atoms with van der Waals surface area (Å²) in [5.74, 6) is -0.925. The maximum atomic E-state index is 12.9. The van der Waals surface area contributed by atoms with Crippen molar-refractivity contribution in [3.05, 3.63) is 59.9 Å². The first-order valence-electron chi connectivity index (χ1n) is 7.31. The van der Waals surface area contributed by atoms with Crippen LogP contribution in [0.25, 0.3) is 0 Å². The van der Waals surface area contributed by atoms with E-state index in [-0.39, 0.29) is 0 Å². The summed E-state index contributed by atoms with van der Waals surface area (Å²) in [6.45, 7) is 3.39. The summed E-state index contributed by atoms with van der Waals surface area (Å²) < 4.78 is 38.3. The van der Waals surface area contributed by atoms with E-state index in [0.717, 1.165) is 16.1 Å². The highest BCUT2D eigenvalue weighted by atomic mass is 32.2. The SMILES string of the molecule is Cc1ccc(N(C(C)C(=O)Nc2ccc(F)cc2)S(C)(=O)=O)cc1. The number of benzene rings is 2. The largest absolute Gasteiger partial charge is 0.324 e. The Labute approximate surface area is 141 Å². The van der Waals surface area contributed by atoms with Gasteiger partial charge in [0.25, 0.3) is 0 Å². The van der Waals surface area contributed by atoms with Gasteiger partial charge < -0.3 is 5.32 Å². The minimum Gasteiger partial charge on any atom is -0.324 e. The monoisotopic (exact) mass is 350 g/mol. The zero-order valence-electron chi connectivity index (χ0n) is 13.7. The van der Waals surface area contributed by atoms with Crippen LogP contribution in [0.4, 0.5) is 15.8 Å². The highest BCUT2D eigenvalue weighted by Crippen LogP contribution is 2.22. The number of sulfonamides is 1. The fourth-order valence-corrected chi connectivity index (χ4v) is 3.46. The first-order valence-corrected chi connectivity index (χ1v) is 9.16. The third-order valence-electron chi connectivity index (χ3n) is 3.49. The van der Waals surface area contributed by atoms with Crippen molar-refractivity contribution in [1.29, 1.82) is 0 Å². The van der Waals surface area contributed by atoms with Crippen molar-refractivity contribution in [2.75, 3.05) is 15.9 Å². The number of hydrogen-bond donors (Lipinski definition) is 1. The van der Waals surface area contributed by atoms with Crippen molar-refractivity contribution >= 4 is 27.3 Å². The molecule has 0 fully saturated rings. The van der Waals surface area contributed by atoms with Crippen LogP contribution in [-0.4, -0.2) is 26.6 Å². The fourth-order valence-electron chi connectivity index (χ4n) is 2.28. The molecule has 2 aromatic rings. The second kappa shape index (κ2) is 7.00. The Hall–Kier alpha value is -2.41. The van der Waals surface area contributed by atoms with Crippen molar-refractivity contribution in [1.82, 2.24) is 0 Å². The number of carbonyl (C=O) groups is 1. The summed E-state index contributed by atoms with van der Waals surface area (Å²) in [5.41, 5.74) is 1.78. The molecule has 1 unspecified atom stereocenters. The van der Waals surface area contributed by atoms with Crippen LogP contribution in [0.3, 0.4) is 0 Å². The Morgan fingerprint density at radius 1 is 1.08 bits per heavy atom. The number of anilines is 2. The molecule has 24 heavy (non-hydrogen) atoms. The standard InChI is InChI=1S/C17H19FN2O3S/c1-12-4-10-16(11-5-12)20(24(3,22)23)13(2)17(21)19-15-8-6-14(18)7-9-15/h4-11,13H,1-3H3,(H,19,21). The molecular formula is C17H19FN2O3S. The molecule has 0 saturated heterocycles. The van der Waals surface area contributed by atoms with E-state index in [1.54, 1.807) is 24.3 Å². The van der Waals surface area contributed by atoms with Crippen LogP contribution in [0.5, 0.6) is 0 Å². The van der Waals surface area contributed by atoms with Crippen LogP contribution in [0.15, 0.2) is 48.5 Å². The summed E-state index contributed by atoms with van der Waals surface area (Å²) in [4.78, 5) is 12.4. The molecule has 7 heteroatoms. The van der Waals surface area contributed by atoms with Gasteiger partial charge in [0, 0.05) is 5.69 Å². The van der Waals surface area contributed by atoms with Crippen LogP contribution in [0, 0.1) is 12.7 Å². The molecule has 0 spiro atoms. The lowest BCUT2D eigenvalue weighted by Gasteiger charge is -2.28. The third-order valence-corrected chi connectivity index (χ3v) is 4.73. The predicted molar refractivity (Wildman–Crippen MR) is 93.0 cm³/mol. The maximum absolute atomic E-state index is 12.9. The van der Waals surface area contributed by atoms with E-state index in [1.807, 2.05) is 6.92 Å². The number of aryl methyl sites for hydroxylation is 1. The van der Waals surface area contributed by atoms with Gasteiger partial charge in [-0.3, -0.25) is 9.10 Å². The van der Waals surface area contributed by atoms with Crippen molar-refractivity contribution in [3.63, 3.8) is 0 Å². The van der Waals surface area contributed by atoms with Gasteiger partial charge >= 0.3 is 0 Å². The molecule has 1 amide bonds. The number of halogens is 1. The smallest absolute Gasteiger partial charge is 0.247 e. The maximum Gasteiger partial charge on any atom is 0.247 e. The molecule has 128 valence electrons. The van der Waals surface area contributed by atoms with Gasteiger partial charge in [0.05, 0.1) is 11.9 Å². The number of carbonyl (C=O) groups excluding carboxylic acids is 1. The van der Waals surface area contributed by atoms with Crippen LogP contribution in [0.1, 0.15) is 12.5 Å². The average molecular weight is 350 g/mol. The Morgan fingerprint density at radius 3 is 2.12 bits per heavy atom. The lowest BCUT2D eigenvalue weighted by Crippen LogP contribution is -2.45. The molecule has 1 atom stereocenters. The Morgan fingerprint density at radius 2 is 1.62 bits per heavy atom. The number of amides is 1. The Kier molecular flexibility index (Phi) is 5.23. The molecule has 0 aromatic heterocycles. The molecule has 0 bridgehead atoms. The molecule has 0 heterocycles. The Bertz CT molecular complexity index is 818. The predicted octanol–water partition coefficient (Wildman–Crippen LogP) is 2.93. The third kappa shape index (κ3) is 4.32. The highest BCUT2D eigenvalue weighted by molar-refractivity contribution is 7.92. The average Bonchev–Trinajstić information content (AvgIpc) is 2.50. The van der Waals surface area contributed by atoms with Crippen LogP contribution >= 0.6 is 0 Å². The van der Waals surface area contributed by atoms with Crippen LogP contribution < -0.4 is 9.62 Å². The molecule has 5 nitrogen and oxygen atoms in total. The zero-order chi connectivity index (χ0) is 17.9. The number of nitrogens with zero attached hydrogens (tertiary/aromatic N) is 1. The van der Waals surface area contributed by atoms with Gasteiger partial charge in [-0.05, 0) is 50.2 Å². The minimum atomic E-state index is -3.66. The fraction of sp³-hybridized carbons (Fsp3) is 0.235. The quantitative estimate of drug-likeness (QED) is 0.902. The second-order valence-electron chi connectivity index (χ2n) is 5.57. The first kappa shape index (κ1) is 17.9. The molecule has 0 aliphatic carbocycles. The van der Waals surface area contributed by atoms with Crippen molar-refractivity contribution in [2.24, 2.45) is 0 Å². The first-order chi connectivity index (χ1) is 11.2. The molecule has 2 rings (SSSR count). The summed E-state index contributed by atoms with van der Waals surface area (Å²) in [6.07, 6.45) is 1.05. The van der Waals surface area contributed by atoms with E-state index in [4.69, 9.17) is 0 Å². The van der Waals surface area contributed by atoms with Gasteiger partial charge in [-0.1, -0.05) is 17.7 Å². The minimum absolute atomic E-state index is 0.394. The van der Waals surface area contributed by atoms with Gasteiger partial charge in [-0.25, -0.2) is 12.8 Å². The van der Waals surface area contributed by atoms with E-state index < -0.39 is 27.8 Å². The van der Waals surface area contributed by atoms with Gasteiger partial charge in [-0.15, -0.1) is 0 Å². The Balaban J connectivity index is 2.27. The normalized spacial score (nSPS) is 12.5. The van der Waals surface area contributed by atoms with E-state index in [0.29, 0.717) is 11.4 Å². The summed E-state index contributed by atoms with van der Waals surface area (Å²) in [7, 11) is -3.66. The molecular weight excluding hydrogens is 331 g/mol. The second-order valence-corrected chi connectivity index (χ2v) is 7.43. The summed E-state index contributed by atoms with van der Waals surface area (Å²) in [5, 5.41) is 2.59. The van der Waals surface area contributed by atoms with E-state index in [1.165, 1.54) is 31.2 Å². The van der Waals surface area contributed by atoms with Gasteiger partial charge in [0.15, 0.2) is 0 Å². The van der Waals surface area contributed by atoms with Gasteiger partial charge in [0.1, 0.15) is 11.9 Å². The number of rotatable bonds is 5. The number of nitrogens with one attached hydrogen (secondary N) is 1. The van der Waals surface area contributed by atoms with Crippen molar-refractivity contribution < 1.29 is 17.6 Å². The van der Waals surface area contributed by atoms with Crippen LogP contribution in [-0.2, 0) is 14.8 Å². The van der Waals surface area contributed by atoms with Gasteiger partial charge in [0.2, 0.25) is 15.9 Å². The number of hydrogen-bond acceptors (Lipinski definition) is 3. The van der Waals surface area contributed by atoms with Gasteiger partial charge in [-0.2, -0.15) is 0 Å². The van der Waals surface area contributed by atoms with Crippen LogP contribution in [0.2, 0.25) is 0 Å². The van der Waals surface area contributed by atoms with Crippen molar-refractivity contribution in [2.45, 2.75) is 19.9 Å². The van der Waals surface area contributed by atoms with E-state index >= 15 is 0 Å². The molecule has 0 saturated carbocycles. The highest BCUT2D eigenvalue weighted by Gasteiger charge is 2.29. The lowest BCUT2D eigenvalue weighted by atomic mass is 10.2. The van der Waals surface area contributed by atoms with E-state index in [2.05, 4.69) is 5.32 Å². The topological polar surface area (TPSA) is 66.5 Å². The van der Waals surface area contributed by atoms with Crippen molar-refractivity contribution in [3.8, 4) is 0 Å². The van der Waals surface area contributed by atoms with E-state index in [9.17, 15) is 17.6 Å².